The second-order valence-corrected chi connectivity index (χ2v) is 5.63. The predicted molar refractivity (Wildman–Crippen MR) is 82.4 cm³/mol. The van der Waals surface area contributed by atoms with Crippen molar-refractivity contribution in [3.63, 3.8) is 0 Å². The van der Waals surface area contributed by atoms with Crippen molar-refractivity contribution in [1.82, 2.24) is 9.88 Å². The number of thiazole rings is 1. The van der Waals surface area contributed by atoms with E-state index in [9.17, 15) is 9.59 Å². The number of nitrogens with one attached hydrogen (secondary N) is 1. The molecule has 1 N–H and O–H groups in total. The van der Waals surface area contributed by atoms with Gasteiger partial charge in [-0.2, -0.15) is 0 Å². The topological polar surface area (TPSA) is 71.5 Å². The Labute approximate surface area is 126 Å². The van der Waals surface area contributed by atoms with Crippen LogP contribution in [0, 0.1) is 0 Å². The summed E-state index contributed by atoms with van der Waals surface area (Å²) in [6.07, 6.45) is 0.265. The fraction of sp³-hybridized carbons (Fsp3) is 0.357. The molecule has 7 heteroatoms. The maximum Gasteiger partial charge on any atom is 0.306 e. The molecule has 0 spiro atoms. The zero-order chi connectivity index (χ0) is 15.2. The number of benzene rings is 1. The molecule has 0 saturated carbocycles. The number of carbonyl (C=O) groups is 2. The molecule has 1 heterocycles. The van der Waals surface area contributed by atoms with Crippen molar-refractivity contribution in [2.45, 2.75) is 6.42 Å². The number of hydrogen-bond donors (Lipinski definition) is 1. The Morgan fingerprint density at radius 2 is 2.14 bits per heavy atom. The molecule has 1 aromatic heterocycles. The van der Waals surface area contributed by atoms with E-state index < -0.39 is 0 Å². The highest BCUT2D eigenvalue weighted by molar-refractivity contribution is 7.22. The normalized spacial score (nSPS) is 10.8. The van der Waals surface area contributed by atoms with E-state index in [1.807, 2.05) is 24.3 Å². The average molecular weight is 307 g/mol. The summed E-state index contributed by atoms with van der Waals surface area (Å²) in [5.74, 6) is -0.435. The van der Waals surface area contributed by atoms with Gasteiger partial charge in [0.15, 0.2) is 5.13 Å². The maximum atomic E-state index is 11.9. The van der Waals surface area contributed by atoms with Crippen molar-refractivity contribution in [2.75, 3.05) is 32.6 Å². The van der Waals surface area contributed by atoms with E-state index >= 15 is 0 Å². The van der Waals surface area contributed by atoms with E-state index in [2.05, 4.69) is 15.0 Å². The standard InChI is InChI=1S/C14H17N3O3S/c1-17(8-7-13(19)20-2)9-12(18)16-14-15-10-5-3-4-6-11(10)21-14/h3-6H,7-9H2,1-2H3,(H,15,16,18). The number of para-hydroxylation sites is 1. The van der Waals surface area contributed by atoms with Crippen LogP contribution in [0.4, 0.5) is 5.13 Å². The highest BCUT2D eigenvalue weighted by Gasteiger charge is 2.11. The Morgan fingerprint density at radius 1 is 1.38 bits per heavy atom. The fourth-order valence-corrected chi connectivity index (χ4v) is 2.67. The largest absolute Gasteiger partial charge is 0.469 e. The number of amides is 1. The van der Waals surface area contributed by atoms with Crippen molar-refractivity contribution < 1.29 is 14.3 Å². The molecule has 1 amide bonds. The van der Waals surface area contributed by atoms with Gasteiger partial charge in [-0.25, -0.2) is 4.98 Å². The van der Waals surface area contributed by atoms with Gasteiger partial charge in [0.1, 0.15) is 0 Å². The van der Waals surface area contributed by atoms with Gasteiger partial charge in [0.05, 0.1) is 30.3 Å². The first-order chi connectivity index (χ1) is 10.1. The molecular formula is C14H17N3O3S. The molecule has 112 valence electrons. The molecule has 0 fully saturated rings. The molecule has 2 aromatic rings. The summed E-state index contributed by atoms with van der Waals surface area (Å²) in [5, 5.41) is 3.36. The highest BCUT2D eigenvalue weighted by Crippen LogP contribution is 2.25. The maximum absolute atomic E-state index is 11.9. The van der Waals surface area contributed by atoms with Gasteiger partial charge >= 0.3 is 5.97 Å². The number of anilines is 1. The number of hydrogen-bond acceptors (Lipinski definition) is 6. The monoisotopic (exact) mass is 307 g/mol. The summed E-state index contributed by atoms with van der Waals surface area (Å²) in [7, 11) is 3.13. The zero-order valence-electron chi connectivity index (χ0n) is 12.0. The molecule has 0 radical (unpaired) electrons. The van der Waals surface area contributed by atoms with Gasteiger partial charge in [-0.05, 0) is 19.2 Å². The SMILES string of the molecule is COC(=O)CCN(C)CC(=O)Nc1nc2ccccc2s1. The first kappa shape index (κ1) is 15.4. The fourth-order valence-electron chi connectivity index (χ4n) is 1.79. The van der Waals surface area contributed by atoms with Gasteiger partial charge < -0.3 is 10.1 Å². The van der Waals surface area contributed by atoms with Crippen LogP contribution in [0.2, 0.25) is 0 Å². The molecule has 1 aromatic carbocycles. The van der Waals surface area contributed by atoms with E-state index in [4.69, 9.17) is 0 Å². The van der Waals surface area contributed by atoms with E-state index in [0.717, 1.165) is 10.2 Å². The molecular weight excluding hydrogens is 290 g/mol. The van der Waals surface area contributed by atoms with Crippen molar-refractivity contribution >= 4 is 38.6 Å². The van der Waals surface area contributed by atoms with Gasteiger partial charge in [0, 0.05) is 6.54 Å². The van der Waals surface area contributed by atoms with Crippen molar-refractivity contribution in [3.8, 4) is 0 Å². The van der Waals surface area contributed by atoms with E-state index in [1.165, 1.54) is 18.4 Å². The third kappa shape index (κ3) is 4.51. The second-order valence-electron chi connectivity index (χ2n) is 4.60. The van der Waals surface area contributed by atoms with Crippen LogP contribution >= 0.6 is 11.3 Å². The van der Waals surface area contributed by atoms with Gasteiger partial charge in [0.2, 0.25) is 5.91 Å². The summed E-state index contributed by atoms with van der Waals surface area (Å²) < 4.78 is 5.59. The lowest BCUT2D eigenvalue weighted by Crippen LogP contribution is -2.31. The summed E-state index contributed by atoms with van der Waals surface area (Å²) in [4.78, 5) is 29.1. The summed E-state index contributed by atoms with van der Waals surface area (Å²) in [6.45, 7) is 0.673. The number of nitrogens with zero attached hydrogens (tertiary/aromatic N) is 2. The Balaban J connectivity index is 1.85. The Hall–Kier alpha value is -1.99. The smallest absolute Gasteiger partial charge is 0.306 e. The molecule has 0 atom stereocenters. The summed E-state index contributed by atoms with van der Waals surface area (Å²) >= 11 is 1.44. The van der Waals surface area contributed by atoms with Gasteiger partial charge in [-0.3, -0.25) is 14.5 Å². The predicted octanol–water partition coefficient (Wildman–Crippen LogP) is 1.73. The molecule has 0 aliphatic carbocycles. The molecule has 0 saturated heterocycles. The van der Waals surface area contributed by atoms with Crippen molar-refractivity contribution in [3.05, 3.63) is 24.3 Å². The molecule has 0 unspecified atom stereocenters. The zero-order valence-corrected chi connectivity index (χ0v) is 12.8. The average Bonchev–Trinajstić information content (AvgIpc) is 2.86. The number of aromatic nitrogens is 1. The minimum Gasteiger partial charge on any atom is -0.469 e. The first-order valence-corrected chi connectivity index (χ1v) is 7.31. The van der Waals surface area contributed by atoms with Crippen molar-refractivity contribution in [1.29, 1.82) is 0 Å². The molecule has 21 heavy (non-hydrogen) atoms. The number of esters is 1. The van der Waals surface area contributed by atoms with Crippen LogP contribution in [0.3, 0.4) is 0 Å². The number of methoxy groups -OCH3 is 1. The number of ether oxygens (including phenoxy) is 1. The Kier molecular flexibility index (Phi) is 5.24. The molecule has 0 bridgehead atoms. The van der Waals surface area contributed by atoms with Crippen LogP contribution < -0.4 is 5.32 Å². The van der Waals surface area contributed by atoms with Crippen molar-refractivity contribution in [2.24, 2.45) is 0 Å². The van der Waals surface area contributed by atoms with Gasteiger partial charge in [0.25, 0.3) is 0 Å². The number of likely N-dealkylation sites (N-methyl/N-ethyl adjacent to an activating group) is 1. The second kappa shape index (κ2) is 7.14. The molecule has 0 aliphatic rings. The van der Waals surface area contributed by atoms with Crippen LogP contribution in [-0.2, 0) is 14.3 Å². The van der Waals surface area contributed by atoms with Crippen LogP contribution in [0.1, 0.15) is 6.42 Å². The number of carbonyl (C=O) groups excluding carboxylic acids is 2. The van der Waals surface area contributed by atoms with E-state index in [0.29, 0.717) is 11.7 Å². The lowest BCUT2D eigenvalue weighted by atomic mass is 10.3. The minimum atomic E-state index is -0.284. The van der Waals surface area contributed by atoms with Crippen LogP contribution in [0.15, 0.2) is 24.3 Å². The molecule has 2 rings (SSSR count). The highest BCUT2D eigenvalue weighted by atomic mass is 32.1. The third-order valence-electron chi connectivity index (χ3n) is 2.88. The minimum absolute atomic E-state index is 0.151. The lowest BCUT2D eigenvalue weighted by Gasteiger charge is -2.14. The van der Waals surface area contributed by atoms with E-state index in [1.54, 1.807) is 11.9 Å². The number of fused-ring (bicyclic) bond motifs is 1. The van der Waals surface area contributed by atoms with Crippen LogP contribution in [0.25, 0.3) is 10.2 Å². The molecule has 6 nitrogen and oxygen atoms in total. The van der Waals surface area contributed by atoms with Gasteiger partial charge in [-0.15, -0.1) is 0 Å². The van der Waals surface area contributed by atoms with Crippen LogP contribution in [-0.4, -0.2) is 49.0 Å². The van der Waals surface area contributed by atoms with Crippen LogP contribution in [0.5, 0.6) is 0 Å². The van der Waals surface area contributed by atoms with Gasteiger partial charge in [-0.1, -0.05) is 23.5 Å². The molecule has 0 aliphatic heterocycles. The Morgan fingerprint density at radius 3 is 2.86 bits per heavy atom. The first-order valence-electron chi connectivity index (χ1n) is 6.49. The third-order valence-corrected chi connectivity index (χ3v) is 3.83. The quantitative estimate of drug-likeness (QED) is 0.823. The van der Waals surface area contributed by atoms with E-state index in [-0.39, 0.29) is 24.8 Å². The summed E-state index contributed by atoms with van der Waals surface area (Å²) in [5.41, 5.74) is 0.872. The Bertz CT molecular complexity index is 608. The lowest BCUT2D eigenvalue weighted by molar-refractivity contribution is -0.141. The summed E-state index contributed by atoms with van der Waals surface area (Å²) in [6, 6.07) is 7.72. The number of rotatable bonds is 6.